The van der Waals surface area contributed by atoms with E-state index in [1.165, 1.54) is 0 Å². The van der Waals surface area contributed by atoms with Gasteiger partial charge >= 0.3 is 0 Å². The molecule has 1 heteroatoms. The van der Waals surface area contributed by atoms with Gasteiger partial charge in [-0.2, -0.15) is 0 Å². The van der Waals surface area contributed by atoms with Crippen LogP contribution in [0.5, 0.6) is 0 Å². The molecule has 0 spiro atoms. The summed E-state index contributed by atoms with van der Waals surface area (Å²) in [5.74, 6) is 1.23. The lowest BCUT2D eigenvalue weighted by molar-refractivity contribution is 0.450. The predicted molar refractivity (Wildman–Crippen MR) is 40.4 cm³/mol. The van der Waals surface area contributed by atoms with Crippen molar-refractivity contribution in [3.05, 3.63) is 12.3 Å². The first kappa shape index (κ1) is 8.54. The molecule has 0 aliphatic rings. The third-order valence-corrected chi connectivity index (χ3v) is 1.26. The maximum atomic E-state index is 8.37. The van der Waals surface area contributed by atoms with Crippen LogP contribution in [0.15, 0.2) is 12.3 Å². The largest absolute Gasteiger partial charge is 0.516 e. The third kappa shape index (κ3) is 5.41. The molecule has 0 amide bonds. The fraction of sp³-hybridized carbons (Fsp3) is 0.750. The monoisotopic (exact) mass is 128 g/mol. The SMILES string of the molecule is CC(C)CC(C)/C=C/O. The van der Waals surface area contributed by atoms with Gasteiger partial charge in [0.15, 0.2) is 0 Å². The van der Waals surface area contributed by atoms with Gasteiger partial charge in [0.1, 0.15) is 0 Å². The highest BCUT2D eigenvalue weighted by atomic mass is 16.2. The summed E-state index contributed by atoms with van der Waals surface area (Å²) in [6, 6.07) is 0. The zero-order valence-electron chi connectivity index (χ0n) is 6.46. The molecule has 0 rings (SSSR count). The van der Waals surface area contributed by atoms with Crippen LogP contribution >= 0.6 is 0 Å². The Morgan fingerprint density at radius 2 is 1.89 bits per heavy atom. The molecule has 1 nitrogen and oxygen atoms in total. The summed E-state index contributed by atoms with van der Waals surface area (Å²) in [4.78, 5) is 0. The van der Waals surface area contributed by atoms with E-state index in [2.05, 4.69) is 20.8 Å². The molecule has 0 aromatic heterocycles. The quantitative estimate of drug-likeness (QED) is 0.579. The summed E-state index contributed by atoms with van der Waals surface area (Å²) in [6.07, 6.45) is 4.10. The summed E-state index contributed by atoms with van der Waals surface area (Å²) >= 11 is 0. The van der Waals surface area contributed by atoms with Crippen molar-refractivity contribution in [1.29, 1.82) is 0 Å². The van der Waals surface area contributed by atoms with E-state index in [0.717, 1.165) is 18.6 Å². The molecule has 0 bridgehead atoms. The van der Waals surface area contributed by atoms with Gasteiger partial charge in [0.2, 0.25) is 0 Å². The van der Waals surface area contributed by atoms with Crippen LogP contribution in [0, 0.1) is 11.8 Å². The number of rotatable bonds is 3. The van der Waals surface area contributed by atoms with Crippen LogP contribution in [-0.2, 0) is 0 Å². The molecule has 9 heavy (non-hydrogen) atoms. The summed E-state index contributed by atoms with van der Waals surface area (Å²) in [6.45, 7) is 6.47. The average Bonchev–Trinajstić information content (AvgIpc) is 1.63. The Labute approximate surface area is 57.4 Å². The lowest BCUT2D eigenvalue weighted by atomic mass is 9.99. The number of hydrogen-bond donors (Lipinski definition) is 1. The van der Waals surface area contributed by atoms with E-state index in [4.69, 9.17) is 5.11 Å². The highest BCUT2D eigenvalue weighted by Gasteiger charge is 1.99. The van der Waals surface area contributed by atoms with Crippen molar-refractivity contribution < 1.29 is 5.11 Å². The van der Waals surface area contributed by atoms with Crippen molar-refractivity contribution in [3.8, 4) is 0 Å². The molecule has 0 aromatic rings. The molecule has 0 aliphatic carbocycles. The van der Waals surface area contributed by atoms with E-state index in [1.807, 2.05) is 6.08 Å². The second kappa shape index (κ2) is 4.42. The maximum absolute atomic E-state index is 8.37. The van der Waals surface area contributed by atoms with Gasteiger partial charge in [-0.05, 0) is 24.3 Å². The fourth-order valence-electron chi connectivity index (χ4n) is 0.969. The van der Waals surface area contributed by atoms with Crippen LogP contribution in [0.3, 0.4) is 0 Å². The Morgan fingerprint density at radius 3 is 2.22 bits per heavy atom. The summed E-state index contributed by atoms with van der Waals surface area (Å²) < 4.78 is 0. The number of aliphatic hydroxyl groups is 1. The van der Waals surface area contributed by atoms with Crippen LogP contribution in [0.25, 0.3) is 0 Å². The van der Waals surface area contributed by atoms with E-state index < -0.39 is 0 Å². The molecule has 1 N–H and O–H groups in total. The normalized spacial score (nSPS) is 15.1. The molecule has 0 saturated heterocycles. The molecule has 0 fully saturated rings. The topological polar surface area (TPSA) is 20.2 Å². The Morgan fingerprint density at radius 1 is 1.33 bits per heavy atom. The highest BCUT2D eigenvalue weighted by molar-refractivity contribution is 4.79. The second-order valence-corrected chi connectivity index (χ2v) is 2.95. The maximum Gasteiger partial charge on any atom is 0.0754 e. The molecule has 1 unspecified atom stereocenters. The minimum Gasteiger partial charge on any atom is -0.516 e. The highest BCUT2D eigenvalue weighted by Crippen LogP contribution is 2.10. The Hall–Kier alpha value is -0.460. The predicted octanol–water partition coefficient (Wildman–Crippen LogP) is 2.74. The molecule has 0 heterocycles. The number of allylic oxidation sites excluding steroid dienone is 1. The summed E-state index contributed by atoms with van der Waals surface area (Å²) in [5, 5.41) is 8.37. The van der Waals surface area contributed by atoms with Gasteiger partial charge < -0.3 is 5.11 Å². The first-order chi connectivity index (χ1) is 4.16. The molecule has 0 aliphatic heterocycles. The van der Waals surface area contributed by atoms with Crippen molar-refractivity contribution in [1.82, 2.24) is 0 Å². The Bertz CT molecular complexity index is 84.6. The van der Waals surface area contributed by atoms with Gasteiger partial charge in [-0.25, -0.2) is 0 Å². The van der Waals surface area contributed by atoms with Gasteiger partial charge in [-0.1, -0.05) is 20.8 Å². The van der Waals surface area contributed by atoms with E-state index in [9.17, 15) is 0 Å². The minimum atomic E-state index is 0.509. The Kier molecular flexibility index (Phi) is 4.20. The fourth-order valence-corrected chi connectivity index (χ4v) is 0.969. The molecular weight excluding hydrogens is 112 g/mol. The van der Waals surface area contributed by atoms with Crippen LogP contribution < -0.4 is 0 Å². The van der Waals surface area contributed by atoms with E-state index >= 15 is 0 Å². The van der Waals surface area contributed by atoms with Gasteiger partial charge in [0, 0.05) is 0 Å². The van der Waals surface area contributed by atoms with Crippen molar-refractivity contribution in [2.75, 3.05) is 0 Å². The second-order valence-electron chi connectivity index (χ2n) is 2.95. The first-order valence-corrected chi connectivity index (χ1v) is 3.47. The van der Waals surface area contributed by atoms with Crippen molar-refractivity contribution in [2.45, 2.75) is 27.2 Å². The van der Waals surface area contributed by atoms with Crippen molar-refractivity contribution in [3.63, 3.8) is 0 Å². The lowest BCUT2D eigenvalue weighted by Gasteiger charge is -2.07. The molecule has 0 aromatic carbocycles. The molecule has 54 valence electrons. The Balaban J connectivity index is 3.38. The van der Waals surface area contributed by atoms with Gasteiger partial charge in [-0.3, -0.25) is 0 Å². The van der Waals surface area contributed by atoms with Gasteiger partial charge in [-0.15, -0.1) is 0 Å². The average molecular weight is 128 g/mol. The lowest BCUT2D eigenvalue weighted by Crippen LogP contribution is -1.95. The molecular formula is C8H16O. The smallest absolute Gasteiger partial charge is 0.0754 e. The van der Waals surface area contributed by atoms with Crippen molar-refractivity contribution in [2.24, 2.45) is 11.8 Å². The van der Waals surface area contributed by atoms with Crippen LogP contribution in [0.2, 0.25) is 0 Å². The first-order valence-electron chi connectivity index (χ1n) is 3.47. The zero-order valence-corrected chi connectivity index (χ0v) is 6.46. The number of aliphatic hydroxyl groups excluding tert-OH is 1. The van der Waals surface area contributed by atoms with E-state index in [1.54, 1.807) is 0 Å². The van der Waals surface area contributed by atoms with Gasteiger partial charge in [0.25, 0.3) is 0 Å². The van der Waals surface area contributed by atoms with Crippen LogP contribution in [-0.4, -0.2) is 5.11 Å². The molecule has 0 radical (unpaired) electrons. The van der Waals surface area contributed by atoms with Crippen LogP contribution in [0.4, 0.5) is 0 Å². The zero-order chi connectivity index (χ0) is 7.28. The molecule has 0 saturated carbocycles. The van der Waals surface area contributed by atoms with Crippen molar-refractivity contribution >= 4 is 0 Å². The van der Waals surface area contributed by atoms with Gasteiger partial charge in [0.05, 0.1) is 6.26 Å². The standard InChI is InChI=1S/C8H16O/c1-7(2)6-8(3)4-5-9/h4-5,7-9H,6H2,1-3H3/b5-4+. The number of hydrogen-bond acceptors (Lipinski definition) is 1. The summed E-state index contributed by atoms with van der Waals surface area (Å²) in [5.41, 5.74) is 0. The van der Waals surface area contributed by atoms with E-state index in [0.29, 0.717) is 5.92 Å². The third-order valence-electron chi connectivity index (χ3n) is 1.26. The minimum absolute atomic E-state index is 0.509. The van der Waals surface area contributed by atoms with E-state index in [-0.39, 0.29) is 0 Å². The summed E-state index contributed by atoms with van der Waals surface area (Å²) in [7, 11) is 0. The molecule has 1 atom stereocenters. The van der Waals surface area contributed by atoms with Crippen LogP contribution in [0.1, 0.15) is 27.2 Å².